The lowest BCUT2D eigenvalue weighted by Gasteiger charge is -2.02. The van der Waals surface area contributed by atoms with Gasteiger partial charge in [-0.15, -0.1) is 11.3 Å². The number of thiazole rings is 1. The number of nitrogens with zero attached hydrogens (tertiary/aromatic N) is 1. The minimum atomic E-state index is -0.154. The van der Waals surface area contributed by atoms with Crippen LogP contribution in [0.15, 0.2) is 24.3 Å². The van der Waals surface area contributed by atoms with Gasteiger partial charge in [0.05, 0.1) is 10.7 Å². The van der Waals surface area contributed by atoms with Crippen molar-refractivity contribution >= 4 is 11.3 Å². The monoisotopic (exact) mass is 264 g/mol. The molecule has 0 fully saturated rings. The number of aryl methyl sites for hydroxylation is 1. The first kappa shape index (κ1) is 13.2. The van der Waals surface area contributed by atoms with Crippen molar-refractivity contribution in [2.45, 2.75) is 26.2 Å². The zero-order chi connectivity index (χ0) is 13.1. The minimum absolute atomic E-state index is 0.154. The maximum atomic E-state index is 13.6. The smallest absolute Gasteiger partial charge is 0.126 e. The molecule has 0 saturated heterocycles. The van der Waals surface area contributed by atoms with Gasteiger partial charge >= 0.3 is 0 Å². The number of hydrogen-bond donors (Lipinski definition) is 1. The molecule has 0 aliphatic heterocycles. The summed E-state index contributed by atoms with van der Waals surface area (Å²) in [6, 6.07) is 6.88. The van der Waals surface area contributed by atoms with Crippen LogP contribution in [0.25, 0.3) is 0 Å². The Labute approximate surface area is 111 Å². The van der Waals surface area contributed by atoms with E-state index in [1.165, 1.54) is 6.07 Å². The van der Waals surface area contributed by atoms with Gasteiger partial charge in [0.2, 0.25) is 0 Å². The highest BCUT2D eigenvalue weighted by Crippen LogP contribution is 2.27. The third kappa shape index (κ3) is 2.76. The second kappa shape index (κ2) is 5.59. The van der Waals surface area contributed by atoms with Gasteiger partial charge in [-0.3, -0.25) is 0 Å². The van der Waals surface area contributed by atoms with Crippen LogP contribution >= 0.6 is 11.3 Å². The Balaban J connectivity index is 2.25. The molecule has 2 N–H and O–H groups in total. The standard InChI is InChI=1S/C14H17FN2S/c1-9(8-16)14-17-10(2)13(18-14)7-11-5-3-4-6-12(11)15/h3-6,9H,7-8,16H2,1-2H3. The largest absolute Gasteiger partial charge is 0.330 e. The molecule has 1 unspecified atom stereocenters. The van der Waals surface area contributed by atoms with Crippen molar-refractivity contribution in [3.63, 3.8) is 0 Å². The highest BCUT2D eigenvalue weighted by Gasteiger charge is 2.13. The molecule has 1 aromatic heterocycles. The Morgan fingerprint density at radius 3 is 2.78 bits per heavy atom. The SMILES string of the molecule is Cc1nc(C(C)CN)sc1Cc1ccccc1F. The number of halogens is 1. The van der Waals surface area contributed by atoms with E-state index in [-0.39, 0.29) is 11.7 Å². The Morgan fingerprint density at radius 2 is 2.11 bits per heavy atom. The fraction of sp³-hybridized carbons (Fsp3) is 0.357. The zero-order valence-electron chi connectivity index (χ0n) is 10.6. The van der Waals surface area contributed by atoms with Crippen molar-refractivity contribution in [1.82, 2.24) is 4.98 Å². The van der Waals surface area contributed by atoms with Crippen LogP contribution in [0.5, 0.6) is 0 Å². The van der Waals surface area contributed by atoms with Crippen LogP contribution in [0.1, 0.15) is 34.0 Å². The summed E-state index contributed by atoms with van der Waals surface area (Å²) < 4.78 is 13.6. The summed E-state index contributed by atoms with van der Waals surface area (Å²) in [6.07, 6.45) is 0.605. The molecule has 0 saturated carbocycles. The Morgan fingerprint density at radius 1 is 1.39 bits per heavy atom. The molecule has 0 amide bonds. The maximum Gasteiger partial charge on any atom is 0.126 e. The predicted octanol–water partition coefficient (Wildman–Crippen LogP) is 3.24. The number of aromatic nitrogens is 1. The van der Waals surface area contributed by atoms with Crippen LogP contribution in [-0.4, -0.2) is 11.5 Å². The Bertz CT molecular complexity index is 536. The summed E-state index contributed by atoms with van der Waals surface area (Å²) in [4.78, 5) is 5.64. The number of benzene rings is 1. The first-order valence-electron chi connectivity index (χ1n) is 6.01. The van der Waals surface area contributed by atoms with E-state index in [2.05, 4.69) is 11.9 Å². The van der Waals surface area contributed by atoms with E-state index in [1.807, 2.05) is 19.1 Å². The third-order valence-corrected chi connectivity index (χ3v) is 4.38. The van der Waals surface area contributed by atoms with Gasteiger partial charge in [-0.25, -0.2) is 9.37 Å². The second-order valence-corrected chi connectivity index (χ2v) is 5.58. The van der Waals surface area contributed by atoms with Gasteiger partial charge in [0.25, 0.3) is 0 Å². The van der Waals surface area contributed by atoms with E-state index in [0.717, 1.165) is 21.1 Å². The molecular weight excluding hydrogens is 247 g/mol. The number of hydrogen-bond acceptors (Lipinski definition) is 3. The van der Waals surface area contributed by atoms with Crippen molar-refractivity contribution in [3.05, 3.63) is 51.2 Å². The highest BCUT2D eigenvalue weighted by molar-refractivity contribution is 7.11. The number of nitrogens with two attached hydrogens (primary N) is 1. The van der Waals surface area contributed by atoms with E-state index < -0.39 is 0 Å². The molecular formula is C14H17FN2S. The molecule has 96 valence electrons. The van der Waals surface area contributed by atoms with Crippen LogP contribution in [0.4, 0.5) is 4.39 Å². The topological polar surface area (TPSA) is 38.9 Å². The molecule has 0 aliphatic rings. The Kier molecular flexibility index (Phi) is 4.09. The van der Waals surface area contributed by atoms with Crippen molar-refractivity contribution < 1.29 is 4.39 Å². The maximum absolute atomic E-state index is 13.6. The average molecular weight is 264 g/mol. The molecule has 0 radical (unpaired) electrons. The van der Waals surface area contributed by atoms with Crippen LogP contribution in [0.2, 0.25) is 0 Å². The zero-order valence-corrected chi connectivity index (χ0v) is 11.4. The van der Waals surface area contributed by atoms with Gasteiger partial charge in [0, 0.05) is 23.8 Å². The summed E-state index contributed by atoms with van der Waals surface area (Å²) in [5, 5.41) is 1.04. The first-order chi connectivity index (χ1) is 8.61. The summed E-state index contributed by atoms with van der Waals surface area (Å²) >= 11 is 1.64. The van der Waals surface area contributed by atoms with E-state index in [1.54, 1.807) is 17.4 Å². The van der Waals surface area contributed by atoms with Crippen LogP contribution in [0, 0.1) is 12.7 Å². The highest BCUT2D eigenvalue weighted by atomic mass is 32.1. The molecule has 0 spiro atoms. The molecule has 18 heavy (non-hydrogen) atoms. The van der Waals surface area contributed by atoms with Crippen molar-refractivity contribution in [1.29, 1.82) is 0 Å². The molecule has 0 aliphatic carbocycles. The summed E-state index contributed by atoms with van der Waals surface area (Å²) in [5.41, 5.74) is 7.35. The van der Waals surface area contributed by atoms with Gasteiger partial charge in [-0.1, -0.05) is 25.1 Å². The van der Waals surface area contributed by atoms with Crippen LogP contribution in [0.3, 0.4) is 0 Å². The van der Waals surface area contributed by atoms with Crippen molar-refractivity contribution in [3.8, 4) is 0 Å². The average Bonchev–Trinajstić information content (AvgIpc) is 2.73. The fourth-order valence-corrected chi connectivity index (χ4v) is 2.89. The normalized spacial score (nSPS) is 12.7. The van der Waals surface area contributed by atoms with Crippen molar-refractivity contribution in [2.75, 3.05) is 6.54 Å². The van der Waals surface area contributed by atoms with E-state index in [9.17, 15) is 4.39 Å². The summed E-state index contributed by atoms with van der Waals surface area (Å²) in [5.74, 6) is 0.113. The molecule has 2 rings (SSSR count). The summed E-state index contributed by atoms with van der Waals surface area (Å²) in [7, 11) is 0. The lowest BCUT2D eigenvalue weighted by atomic mass is 10.1. The van der Waals surface area contributed by atoms with Gasteiger partial charge in [0.15, 0.2) is 0 Å². The van der Waals surface area contributed by atoms with Crippen LogP contribution in [-0.2, 0) is 6.42 Å². The summed E-state index contributed by atoms with van der Waals surface area (Å²) in [6.45, 7) is 4.62. The Hall–Kier alpha value is -1.26. The van der Waals surface area contributed by atoms with Crippen LogP contribution < -0.4 is 5.73 Å². The molecule has 4 heteroatoms. The number of rotatable bonds is 4. The second-order valence-electron chi connectivity index (χ2n) is 4.47. The third-order valence-electron chi connectivity index (χ3n) is 2.99. The van der Waals surface area contributed by atoms with E-state index in [4.69, 9.17) is 5.73 Å². The quantitative estimate of drug-likeness (QED) is 0.920. The van der Waals surface area contributed by atoms with Gasteiger partial charge in [0.1, 0.15) is 5.82 Å². The molecule has 2 aromatic rings. The van der Waals surface area contributed by atoms with E-state index >= 15 is 0 Å². The van der Waals surface area contributed by atoms with Gasteiger partial charge in [-0.2, -0.15) is 0 Å². The lowest BCUT2D eigenvalue weighted by molar-refractivity contribution is 0.614. The fourth-order valence-electron chi connectivity index (χ4n) is 1.74. The lowest BCUT2D eigenvalue weighted by Crippen LogP contribution is -2.08. The first-order valence-corrected chi connectivity index (χ1v) is 6.83. The predicted molar refractivity (Wildman–Crippen MR) is 73.5 cm³/mol. The molecule has 0 bridgehead atoms. The van der Waals surface area contributed by atoms with Gasteiger partial charge in [-0.05, 0) is 18.6 Å². The molecule has 1 heterocycles. The van der Waals surface area contributed by atoms with E-state index in [0.29, 0.717) is 13.0 Å². The molecule has 1 aromatic carbocycles. The van der Waals surface area contributed by atoms with Crippen molar-refractivity contribution in [2.24, 2.45) is 5.73 Å². The molecule has 2 nitrogen and oxygen atoms in total. The minimum Gasteiger partial charge on any atom is -0.330 e. The molecule has 1 atom stereocenters. The van der Waals surface area contributed by atoms with Gasteiger partial charge < -0.3 is 5.73 Å².